The third kappa shape index (κ3) is 1.26. The average molecular weight is 192 g/mol. The standard InChI is InChI=1S/C13H8N2/c1-2-6-11(7-3-1)15-10-14-12-8-4-5-9-13(12)15/h2,4-10H. The van der Waals surface area contributed by atoms with Gasteiger partial charge >= 0.3 is 0 Å². The monoisotopic (exact) mass is 192 g/mol. The van der Waals surface area contributed by atoms with E-state index >= 15 is 0 Å². The van der Waals surface area contributed by atoms with Crippen molar-refractivity contribution in [2.24, 2.45) is 0 Å². The molecule has 0 fully saturated rings. The Morgan fingerprint density at radius 3 is 2.87 bits per heavy atom. The quantitative estimate of drug-likeness (QED) is 0.579. The van der Waals surface area contributed by atoms with E-state index in [1.54, 1.807) is 0 Å². The lowest BCUT2D eigenvalue weighted by atomic mass is 10.3. The molecule has 0 bridgehead atoms. The Balaban J connectivity index is 2.28. The average Bonchev–Trinajstić information content (AvgIpc) is 2.74. The predicted octanol–water partition coefficient (Wildman–Crippen LogP) is 2.63. The maximum atomic E-state index is 4.33. The van der Waals surface area contributed by atoms with Crippen LogP contribution < -0.4 is 0 Å². The van der Waals surface area contributed by atoms with E-state index < -0.39 is 0 Å². The molecule has 0 aliphatic heterocycles. The van der Waals surface area contributed by atoms with E-state index in [1.165, 1.54) is 0 Å². The van der Waals surface area contributed by atoms with Crippen LogP contribution in [0.5, 0.6) is 0 Å². The largest absolute Gasteiger partial charge is 0.298 e. The van der Waals surface area contributed by atoms with E-state index in [4.69, 9.17) is 0 Å². The minimum absolute atomic E-state index is 1.00. The number of fused-ring (bicyclic) bond motifs is 1. The molecule has 0 radical (unpaired) electrons. The highest BCUT2D eigenvalue weighted by Crippen LogP contribution is 2.16. The Morgan fingerprint density at radius 1 is 1.07 bits per heavy atom. The third-order valence-corrected chi connectivity index (χ3v) is 2.37. The Kier molecular flexibility index (Phi) is 1.69. The predicted molar refractivity (Wildman–Crippen MR) is 58.7 cm³/mol. The van der Waals surface area contributed by atoms with Crippen LogP contribution in [0.3, 0.4) is 0 Å². The number of hydrogen-bond acceptors (Lipinski definition) is 1. The number of nitrogens with zero attached hydrogens (tertiary/aromatic N) is 2. The first-order valence-corrected chi connectivity index (χ1v) is 4.75. The van der Waals surface area contributed by atoms with Gasteiger partial charge in [-0.1, -0.05) is 24.3 Å². The second kappa shape index (κ2) is 3.14. The Morgan fingerprint density at radius 2 is 2.00 bits per heavy atom. The molecule has 0 amide bonds. The molecule has 0 saturated heterocycles. The van der Waals surface area contributed by atoms with E-state index in [0.29, 0.717) is 0 Å². The summed E-state index contributed by atoms with van der Waals surface area (Å²) in [6.45, 7) is 0. The third-order valence-electron chi connectivity index (χ3n) is 2.37. The smallest absolute Gasteiger partial charge is 0.100 e. The van der Waals surface area contributed by atoms with Gasteiger partial charge in [0.05, 0.1) is 16.7 Å². The Labute approximate surface area is 87.8 Å². The normalized spacial score (nSPS) is 10.1. The van der Waals surface area contributed by atoms with Gasteiger partial charge in [-0.2, -0.15) is 0 Å². The van der Waals surface area contributed by atoms with Crippen LogP contribution in [0.2, 0.25) is 0 Å². The molecule has 15 heavy (non-hydrogen) atoms. The summed E-state index contributed by atoms with van der Waals surface area (Å²) in [7, 11) is 0. The lowest BCUT2D eigenvalue weighted by molar-refractivity contribution is 1.09. The summed E-state index contributed by atoms with van der Waals surface area (Å²) >= 11 is 0. The fraction of sp³-hybridized carbons (Fsp3) is 0. The topological polar surface area (TPSA) is 17.8 Å². The van der Waals surface area contributed by atoms with Gasteiger partial charge in [0.25, 0.3) is 0 Å². The number of benzene rings is 1. The maximum absolute atomic E-state index is 4.33. The first kappa shape index (κ1) is 8.07. The van der Waals surface area contributed by atoms with Crippen molar-refractivity contribution in [2.75, 3.05) is 0 Å². The SMILES string of the molecule is c1ccc(-n2cnc3ccccc32)cc#1. The molecular weight excluding hydrogens is 184 g/mol. The van der Waals surface area contributed by atoms with Crippen LogP contribution in [0.1, 0.15) is 0 Å². The molecule has 3 rings (SSSR count). The highest BCUT2D eigenvalue weighted by molar-refractivity contribution is 5.77. The summed E-state index contributed by atoms with van der Waals surface area (Å²) in [6.07, 6.45) is 1.83. The summed E-state index contributed by atoms with van der Waals surface area (Å²) in [6, 6.07) is 19.6. The molecule has 1 aromatic heterocycles. The molecule has 0 atom stereocenters. The molecule has 0 unspecified atom stereocenters. The zero-order valence-electron chi connectivity index (χ0n) is 8.01. The van der Waals surface area contributed by atoms with Gasteiger partial charge in [-0.15, -0.1) is 0 Å². The van der Waals surface area contributed by atoms with Gasteiger partial charge in [0.2, 0.25) is 0 Å². The number of rotatable bonds is 1. The molecule has 0 aliphatic carbocycles. The molecule has 0 aliphatic rings. The fourth-order valence-corrected chi connectivity index (χ4v) is 1.65. The number of hydrogen-bond donors (Lipinski definition) is 0. The Bertz CT molecular complexity index is 582. The van der Waals surface area contributed by atoms with Gasteiger partial charge in [0.15, 0.2) is 0 Å². The molecule has 0 spiro atoms. The molecular formula is C13H8N2. The summed E-state index contributed by atoms with van der Waals surface area (Å²) < 4.78 is 2.04. The summed E-state index contributed by atoms with van der Waals surface area (Å²) in [5.41, 5.74) is 3.17. The lowest BCUT2D eigenvalue weighted by Crippen LogP contribution is -1.89. The first-order valence-electron chi connectivity index (χ1n) is 4.75. The van der Waals surface area contributed by atoms with Gasteiger partial charge in [-0.25, -0.2) is 4.98 Å². The zero-order chi connectivity index (χ0) is 10.1. The van der Waals surface area contributed by atoms with Crippen LogP contribution >= 0.6 is 0 Å². The van der Waals surface area contributed by atoms with Gasteiger partial charge in [0.1, 0.15) is 6.33 Å². The summed E-state index contributed by atoms with van der Waals surface area (Å²) in [5.74, 6) is 0. The minimum Gasteiger partial charge on any atom is -0.298 e. The zero-order valence-corrected chi connectivity index (χ0v) is 8.01. The van der Waals surface area contributed by atoms with Crippen molar-refractivity contribution in [1.29, 1.82) is 0 Å². The molecule has 3 aromatic rings. The van der Waals surface area contributed by atoms with E-state index in [9.17, 15) is 0 Å². The molecule has 2 heteroatoms. The Hall–Kier alpha value is -2.27. The van der Waals surface area contributed by atoms with Gasteiger partial charge in [-0.05, 0) is 24.3 Å². The minimum atomic E-state index is 1.00. The first-order chi connectivity index (χ1) is 7.45. The second-order valence-corrected chi connectivity index (χ2v) is 3.29. The van der Waals surface area contributed by atoms with Crippen LogP contribution in [0.4, 0.5) is 0 Å². The second-order valence-electron chi connectivity index (χ2n) is 3.29. The van der Waals surface area contributed by atoms with Crippen molar-refractivity contribution in [2.45, 2.75) is 0 Å². The maximum Gasteiger partial charge on any atom is 0.100 e. The summed E-state index contributed by atoms with van der Waals surface area (Å²) in [4.78, 5) is 4.33. The van der Waals surface area contributed by atoms with Crippen LogP contribution in [0.25, 0.3) is 16.7 Å². The van der Waals surface area contributed by atoms with Crippen molar-refractivity contribution in [3.05, 3.63) is 60.9 Å². The molecule has 0 saturated carbocycles. The number of para-hydroxylation sites is 2. The summed E-state index contributed by atoms with van der Waals surface area (Å²) in [5, 5.41) is 0. The van der Waals surface area contributed by atoms with Gasteiger partial charge in [0, 0.05) is 6.07 Å². The van der Waals surface area contributed by atoms with Crippen molar-refractivity contribution in [1.82, 2.24) is 9.55 Å². The number of aromatic nitrogens is 2. The van der Waals surface area contributed by atoms with E-state index in [-0.39, 0.29) is 0 Å². The van der Waals surface area contributed by atoms with E-state index in [0.717, 1.165) is 16.7 Å². The lowest BCUT2D eigenvalue weighted by Gasteiger charge is -2.01. The molecule has 0 N–H and O–H groups in total. The van der Waals surface area contributed by atoms with Crippen molar-refractivity contribution >= 4 is 11.0 Å². The number of imidazole rings is 1. The molecule has 70 valence electrons. The highest BCUT2D eigenvalue weighted by atomic mass is 15.0. The van der Waals surface area contributed by atoms with Crippen LogP contribution in [-0.4, -0.2) is 9.55 Å². The fourth-order valence-electron chi connectivity index (χ4n) is 1.65. The van der Waals surface area contributed by atoms with Crippen LogP contribution in [-0.2, 0) is 0 Å². The van der Waals surface area contributed by atoms with E-state index in [2.05, 4.69) is 23.2 Å². The van der Waals surface area contributed by atoms with Crippen LogP contribution in [0.15, 0.2) is 48.8 Å². The molecule has 2 aromatic carbocycles. The van der Waals surface area contributed by atoms with Gasteiger partial charge < -0.3 is 0 Å². The highest BCUT2D eigenvalue weighted by Gasteiger charge is 2.01. The molecule has 2 nitrogen and oxygen atoms in total. The molecule has 1 heterocycles. The van der Waals surface area contributed by atoms with E-state index in [1.807, 2.05) is 47.3 Å². The van der Waals surface area contributed by atoms with Gasteiger partial charge in [-0.3, -0.25) is 4.57 Å². The van der Waals surface area contributed by atoms with Crippen molar-refractivity contribution in [3.8, 4) is 5.69 Å². The van der Waals surface area contributed by atoms with Crippen molar-refractivity contribution in [3.63, 3.8) is 0 Å². The van der Waals surface area contributed by atoms with Crippen molar-refractivity contribution < 1.29 is 0 Å². The van der Waals surface area contributed by atoms with Crippen LogP contribution in [0, 0.1) is 12.1 Å².